The Kier molecular flexibility index (Phi) is 2.91. The molecule has 0 unspecified atom stereocenters. The van der Waals surface area contributed by atoms with Crippen LogP contribution in [0.25, 0.3) is 5.65 Å². The molecule has 3 aromatic rings. The monoisotopic (exact) mass is 252 g/mol. The Morgan fingerprint density at radius 3 is 2.68 bits per heavy atom. The predicted octanol–water partition coefficient (Wildman–Crippen LogP) is 2.41. The van der Waals surface area contributed by atoms with Crippen LogP contribution in [0.3, 0.4) is 0 Å². The second-order valence-electron chi connectivity index (χ2n) is 4.77. The van der Waals surface area contributed by atoms with Gasteiger partial charge >= 0.3 is 0 Å². The highest BCUT2D eigenvalue weighted by atomic mass is 15.2. The molecule has 0 bridgehead atoms. The fraction of sp³-hybridized carbons (Fsp3) is 0.200. The third kappa shape index (κ3) is 2.29. The van der Waals surface area contributed by atoms with Crippen LogP contribution in [0.15, 0.2) is 42.6 Å². The lowest BCUT2D eigenvalue weighted by Gasteiger charge is -2.03. The number of aryl methyl sites for hydroxylation is 3. The first-order valence-electron chi connectivity index (χ1n) is 6.38. The van der Waals surface area contributed by atoms with E-state index in [1.54, 1.807) is 0 Å². The number of aromatic nitrogens is 3. The number of nitrogen functional groups attached to an aromatic ring is 1. The summed E-state index contributed by atoms with van der Waals surface area (Å²) in [6, 6.07) is 12.3. The molecule has 0 fully saturated rings. The molecule has 4 heteroatoms. The third-order valence-electron chi connectivity index (χ3n) is 3.22. The van der Waals surface area contributed by atoms with Gasteiger partial charge in [-0.3, -0.25) is 4.40 Å². The molecule has 0 aliphatic heterocycles. The van der Waals surface area contributed by atoms with E-state index in [0.29, 0.717) is 5.69 Å². The molecule has 3 rings (SSSR count). The molecule has 2 N–H and O–H groups in total. The summed E-state index contributed by atoms with van der Waals surface area (Å²) >= 11 is 0. The van der Waals surface area contributed by atoms with Crippen LogP contribution in [0.1, 0.15) is 17.0 Å². The number of nitrogens with two attached hydrogens (primary N) is 1. The molecule has 0 saturated carbocycles. The van der Waals surface area contributed by atoms with Gasteiger partial charge in [-0.2, -0.15) is 0 Å². The van der Waals surface area contributed by atoms with Crippen LogP contribution in [-0.4, -0.2) is 14.6 Å². The smallest absolute Gasteiger partial charge is 0.184 e. The van der Waals surface area contributed by atoms with E-state index in [2.05, 4.69) is 34.5 Å². The summed E-state index contributed by atoms with van der Waals surface area (Å²) in [5.74, 6) is 0.953. The molecule has 0 aliphatic carbocycles. The molecule has 0 radical (unpaired) electrons. The lowest BCUT2D eigenvalue weighted by Crippen LogP contribution is -2.00. The minimum absolute atomic E-state index is 0.679. The van der Waals surface area contributed by atoms with Crippen LogP contribution >= 0.6 is 0 Å². The summed E-state index contributed by atoms with van der Waals surface area (Å²) < 4.78 is 1.99. The molecule has 0 atom stereocenters. The maximum absolute atomic E-state index is 5.95. The summed E-state index contributed by atoms with van der Waals surface area (Å²) in [6.45, 7) is 2.02. The number of fused-ring (bicyclic) bond motifs is 1. The molecule has 0 amide bonds. The molecular weight excluding hydrogens is 236 g/mol. The Hall–Kier alpha value is -2.36. The minimum Gasteiger partial charge on any atom is -0.396 e. The normalized spacial score (nSPS) is 11.0. The highest BCUT2D eigenvalue weighted by molar-refractivity contribution is 5.65. The van der Waals surface area contributed by atoms with E-state index in [1.807, 2.05) is 29.7 Å². The topological polar surface area (TPSA) is 56.2 Å². The SMILES string of the molecule is Cc1cc(N)c2nnc(CCc3ccccc3)n2c1. The van der Waals surface area contributed by atoms with Crippen molar-refractivity contribution in [1.29, 1.82) is 0 Å². The molecule has 0 aliphatic rings. The van der Waals surface area contributed by atoms with Crippen molar-refractivity contribution < 1.29 is 0 Å². The number of hydrogen-bond acceptors (Lipinski definition) is 3. The number of anilines is 1. The lowest BCUT2D eigenvalue weighted by atomic mass is 10.1. The number of pyridine rings is 1. The van der Waals surface area contributed by atoms with Crippen molar-refractivity contribution in [3.05, 3.63) is 59.5 Å². The summed E-state index contributed by atoms with van der Waals surface area (Å²) in [5, 5.41) is 8.40. The standard InChI is InChI=1S/C15H16N4/c1-11-9-13(16)15-18-17-14(19(15)10-11)8-7-12-5-3-2-4-6-12/h2-6,9-10H,7-8,16H2,1H3. The van der Waals surface area contributed by atoms with Crippen LogP contribution in [0.4, 0.5) is 5.69 Å². The quantitative estimate of drug-likeness (QED) is 0.778. The fourth-order valence-corrected chi connectivity index (χ4v) is 2.28. The molecule has 0 spiro atoms. The van der Waals surface area contributed by atoms with Gasteiger partial charge in [-0.15, -0.1) is 10.2 Å². The van der Waals surface area contributed by atoms with Crippen LogP contribution < -0.4 is 5.73 Å². The second-order valence-corrected chi connectivity index (χ2v) is 4.77. The Bertz CT molecular complexity index is 701. The molecular formula is C15H16N4. The van der Waals surface area contributed by atoms with Crippen LogP contribution in [0, 0.1) is 6.92 Å². The number of hydrogen-bond donors (Lipinski definition) is 1. The molecule has 0 saturated heterocycles. The third-order valence-corrected chi connectivity index (χ3v) is 3.22. The van der Waals surface area contributed by atoms with Crippen molar-refractivity contribution in [3.63, 3.8) is 0 Å². The van der Waals surface area contributed by atoms with Gasteiger partial charge in [0.25, 0.3) is 0 Å². The van der Waals surface area contributed by atoms with Crippen LogP contribution in [0.5, 0.6) is 0 Å². The Balaban J connectivity index is 1.89. The van der Waals surface area contributed by atoms with Gasteiger partial charge in [-0.1, -0.05) is 30.3 Å². The average Bonchev–Trinajstić information content (AvgIpc) is 2.81. The van der Waals surface area contributed by atoms with E-state index in [-0.39, 0.29) is 0 Å². The average molecular weight is 252 g/mol. The molecule has 2 heterocycles. The van der Waals surface area contributed by atoms with Gasteiger partial charge in [0.1, 0.15) is 5.82 Å². The van der Waals surface area contributed by atoms with Gasteiger partial charge in [-0.25, -0.2) is 0 Å². The maximum Gasteiger partial charge on any atom is 0.184 e. The summed E-state index contributed by atoms with van der Waals surface area (Å²) in [7, 11) is 0. The van der Waals surface area contributed by atoms with Crippen molar-refractivity contribution in [2.45, 2.75) is 19.8 Å². The second kappa shape index (κ2) is 4.72. The van der Waals surface area contributed by atoms with Gasteiger partial charge in [0.2, 0.25) is 0 Å². The van der Waals surface area contributed by atoms with Crippen molar-refractivity contribution in [3.8, 4) is 0 Å². The zero-order valence-electron chi connectivity index (χ0n) is 10.9. The van der Waals surface area contributed by atoms with E-state index >= 15 is 0 Å². The highest BCUT2D eigenvalue weighted by Crippen LogP contribution is 2.15. The molecule has 4 nitrogen and oxygen atoms in total. The van der Waals surface area contributed by atoms with Crippen molar-refractivity contribution in [2.24, 2.45) is 0 Å². The van der Waals surface area contributed by atoms with Gasteiger partial charge in [0.15, 0.2) is 5.65 Å². The van der Waals surface area contributed by atoms with Gasteiger partial charge in [0.05, 0.1) is 5.69 Å². The Labute approximate surface area is 111 Å². The predicted molar refractivity (Wildman–Crippen MR) is 76.0 cm³/mol. The Morgan fingerprint density at radius 2 is 1.89 bits per heavy atom. The summed E-state index contributed by atoms with van der Waals surface area (Å²) in [6.07, 6.45) is 3.84. The summed E-state index contributed by atoms with van der Waals surface area (Å²) in [5.41, 5.74) is 9.80. The minimum atomic E-state index is 0.679. The van der Waals surface area contributed by atoms with E-state index < -0.39 is 0 Å². The lowest BCUT2D eigenvalue weighted by molar-refractivity contribution is 0.838. The van der Waals surface area contributed by atoms with E-state index in [9.17, 15) is 0 Å². The number of benzene rings is 1. The van der Waals surface area contributed by atoms with Crippen molar-refractivity contribution in [2.75, 3.05) is 5.73 Å². The largest absolute Gasteiger partial charge is 0.396 e. The first-order chi connectivity index (χ1) is 9.24. The zero-order valence-corrected chi connectivity index (χ0v) is 10.9. The van der Waals surface area contributed by atoms with E-state index in [4.69, 9.17) is 5.73 Å². The van der Waals surface area contributed by atoms with E-state index in [0.717, 1.165) is 29.9 Å². The maximum atomic E-state index is 5.95. The van der Waals surface area contributed by atoms with E-state index in [1.165, 1.54) is 5.56 Å². The summed E-state index contributed by atoms with van der Waals surface area (Å²) in [4.78, 5) is 0. The molecule has 96 valence electrons. The van der Waals surface area contributed by atoms with Crippen molar-refractivity contribution >= 4 is 11.3 Å². The zero-order chi connectivity index (χ0) is 13.2. The molecule has 2 aromatic heterocycles. The number of rotatable bonds is 3. The first kappa shape index (κ1) is 11.7. The van der Waals surface area contributed by atoms with Crippen molar-refractivity contribution in [1.82, 2.24) is 14.6 Å². The highest BCUT2D eigenvalue weighted by Gasteiger charge is 2.08. The molecule has 19 heavy (non-hydrogen) atoms. The van der Waals surface area contributed by atoms with Crippen LogP contribution in [0.2, 0.25) is 0 Å². The molecule has 1 aromatic carbocycles. The number of nitrogens with zero attached hydrogens (tertiary/aromatic N) is 3. The van der Waals surface area contributed by atoms with Gasteiger partial charge < -0.3 is 5.73 Å². The van der Waals surface area contributed by atoms with Crippen LogP contribution in [-0.2, 0) is 12.8 Å². The first-order valence-corrected chi connectivity index (χ1v) is 6.38. The van der Waals surface area contributed by atoms with Gasteiger partial charge in [0, 0.05) is 12.6 Å². The van der Waals surface area contributed by atoms with Gasteiger partial charge in [-0.05, 0) is 30.5 Å². The Morgan fingerprint density at radius 1 is 1.11 bits per heavy atom. The fourth-order valence-electron chi connectivity index (χ4n) is 2.28.